The maximum Gasteiger partial charge on any atom is 0.228 e. The zero-order chi connectivity index (χ0) is 14.0. The molecule has 1 atom stereocenters. The molecule has 2 nitrogen and oxygen atoms in total. The van der Waals surface area contributed by atoms with Gasteiger partial charge in [0.25, 0.3) is 0 Å². The van der Waals surface area contributed by atoms with Gasteiger partial charge in [-0.1, -0.05) is 55.2 Å². The first-order chi connectivity index (χ1) is 8.49. The fraction of sp³-hybridized carbons (Fsp3) is 0.312. The Balaban J connectivity index is 4.91. The number of carbonyl (C=O) groups excluding carboxylic acids is 1. The topological polar surface area (TPSA) is 43.1 Å². The molecular weight excluding hydrogens is 222 g/mol. The van der Waals surface area contributed by atoms with Gasteiger partial charge in [-0.2, -0.15) is 0 Å². The molecular formula is C16H23NO. The van der Waals surface area contributed by atoms with Crippen molar-refractivity contribution in [2.45, 2.75) is 27.2 Å². The van der Waals surface area contributed by atoms with Crippen molar-refractivity contribution in [3.05, 3.63) is 60.8 Å². The summed E-state index contributed by atoms with van der Waals surface area (Å²) in [4.78, 5) is 11.6. The van der Waals surface area contributed by atoms with Crippen LogP contribution in [0.3, 0.4) is 0 Å². The van der Waals surface area contributed by atoms with Gasteiger partial charge in [0.1, 0.15) is 0 Å². The van der Waals surface area contributed by atoms with Crippen molar-refractivity contribution in [3.8, 4) is 0 Å². The average molecular weight is 245 g/mol. The molecule has 0 fully saturated rings. The number of primary amides is 1. The Morgan fingerprint density at radius 3 is 2.22 bits per heavy atom. The molecule has 2 N–H and O–H groups in total. The maximum atomic E-state index is 11.6. The molecule has 0 spiro atoms. The number of amides is 1. The number of hydrogen-bond donors (Lipinski definition) is 1. The summed E-state index contributed by atoms with van der Waals surface area (Å²) < 4.78 is 0. The second kappa shape index (κ2) is 8.29. The van der Waals surface area contributed by atoms with E-state index in [2.05, 4.69) is 6.58 Å². The molecule has 0 aromatic carbocycles. The van der Waals surface area contributed by atoms with Crippen LogP contribution in [0.25, 0.3) is 0 Å². The molecule has 0 aliphatic rings. The Morgan fingerprint density at radius 1 is 1.17 bits per heavy atom. The Labute approximate surface area is 110 Å². The Hall–Kier alpha value is -1.83. The lowest BCUT2D eigenvalue weighted by Crippen LogP contribution is -2.35. The van der Waals surface area contributed by atoms with Crippen molar-refractivity contribution >= 4 is 5.91 Å². The van der Waals surface area contributed by atoms with Gasteiger partial charge in [-0.3, -0.25) is 4.79 Å². The van der Waals surface area contributed by atoms with Crippen LogP contribution in [0.2, 0.25) is 0 Å². The number of hydrogen-bond acceptors (Lipinski definition) is 1. The molecule has 0 heterocycles. The highest BCUT2D eigenvalue weighted by Crippen LogP contribution is 2.31. The molecule has 0 saturated heterocycles. The first-order valence-electron chi connectivity index (χ1n) is 6.05. The normalized spacial score (nSPS) is 15.9. The Bertz CT molecular complexity index is 399. The van der Waals surface area contributed by atoms with E-state index in [1.807, 2.05) is 69.4 Å². The first-order valence-corrected chi connectivity index (χ1v) is 6.05. The third-order valence-corrected chi connectivity index (χ3v) is 2.82. The van der Waals surface area contributed by atoms with E-state index in [1.165, 1.54) is 0 Å². The third-order valence-electron chi connectivity index (χ3n) is 2.82. The van der Waals surface area contributed by atoms with Gasteiger partial charge in [0.05, 0.1) is 5.41 Å². The minimum Gasteiger partial charge on any atom is -0.369 e. The SMILES string of the molecule is C=C(/C=C\C=C/C)C(C)(C/C=C\C=C/C)C(N)=O. The van der Waals surface area contributed by atoms with Crippen LogP contribution in [-0.4, -0.2) is 5.91 Å². The fourth-order valence-electron chi connectivity index (χ4n) is 1.35. The summed E-state index contributed by atoms with van der Waals surface area (Å²) in [6, 6.07) is 0. The van der Waals surface area contributed by atoms with Crippen LogP contribution in [0.4, 0.5) is 0 Å². The van der Waals surface area contributed by atoms with Crippen LogP contribution in [-0.2, 0) is 4.79 Å². The lowest BCUT2D eigenvalue weighted by atomic mass is 9.78. The van der Waals surface area contributed by atoms with E-state index in [0.717, 1.165) is 5.57 Å². The van der Waals surface area contributed by atoms with E-state index in [0.29, 0.717) is 6.42 Å². The molecule has 0 aromatic rings. The second-order valence-electron chi connectivity index (χ2n) is 4.26. The van der Waals surface area contributed by atoms with Crippen molar-refractivity contribution < 1.29 is 4.79 Å². The minimum atomic E-state index is -0.740. The standard InChI is InChI=1S/C16H23NO/c1-5-7-9-11-13-16(4,15(17)18)14(3)12-10-8-6-2/h5-12H,3,13H2,1-2,4H3,(H2,17,18)/b7-5-,8-6-,11-9-,12-10-. The molecule has 0 aliphatic heterocycles. The number of rotatable bonds is 7. The van der Waals surface area contributed by atoms with Gasteiger partial charge in [-0.15, -0.1) is 0 Å². The van der Waals surface area contributed by atoms with Crippen LogP contribution in [0, 0.1) is 5.41 Å². The summed E-state index contributed by atoms with van der Waals surface area (Å²) in [5, 5.41) is 0. The zero-order valence-corrected chi connectivity index (χ0v) is 11.5. The van der Waals surface area contributed by atoms with Gasteiger partial charge >= 0.3 is 0 Å². The molecule has 0 aromatic heterocycles. The molecule has 0 saturated carbocycles. The van der Waals surface area contributed by atoms with Crippen LogP contribution in [0.5, 0.6) is 0 Å². The molecule has 0 radical (unpaired) electrons. The number of nitrogens with two attached hydrogens (primary N) is 1. The lowest BCUT2D eigenvalue weighted by Gasteiger charge is -2.25. The summed E-state index contributed by atoms with van der Waals surface area (Å²) in [6.45, 7) is 9.63. The molecule has 1 unspecified atom stereocenters. The predicted molar refractivity (Wildman–Crippen MR) is 79.0 cm³/mol. The zero-order valence-electron chi connectivity index (χ0n) is 11.5. The Morgan fingerprint density at radius 2 is 1.72 bits per heavy atom. The minimum absolute atomic E-state index is 0.359. The molecule has 2 heteroatoms. The van der Waals surface area contributed by atoms with E-state index in [9.17, 15) is 4.79 Å². The highest BCUT2D eigenvalue weighted by molar-refractivity contribution is 5.84. The van der Waals surface area contributed by atoms with Crippen molar-refractivity contribution in [2.24, 2.45) is 11.1 Å². The van der Waals surface area contributed by atoms with Crippen LogP contribution in [0.1, 0.15) is 27.2 Å². The van der Waals surface area contributed by atoms with E-state index < -0.39 is 5.41 Å². The van der Waals surface area contributed by atoms with Crippen molar-refractivity contribution in [3.63, 3.8) is 0 Å². The molecule has 1 amide bonds. The summed E-state index contributed by atoms with van der Waals surface area (Å²) in [7, 11) is 0. The monoisotopic (exact) mass is 245 g/mol. The van der Waals surface area contributed by atoms with Crippen LogP contribution >= 0.6 is 0 Å². The van der Waals surface area contributed by atoms with Gasteiger partial charge in [0, 0.05) is 0 Å². The van der Waals surface area contributed by atoms with Gasteiger partial charge in [-0.05, 0) is 32.8 Å². The van der Waals surface area contributed by atoms with E-state index in [-0.39, 0.29) is 5.91 Å². The van der Waals surface area contributed by atoms with Gasteiger partial charge in [-0.25, -0.2) is 0 Å². The molecule has 0 aliphatic carbocycles. The molecule has 98 valence electrons. The number of allylic oxidation sites excluding steroid dienone is 8. The molecule has 18 heavy (non-hydrogen) atoms. The summed E-state index contributed by atoms with van der Waals surface area (Å²) in [5.74, 6) is -0.359. The summed E-state index contributed by atoms with van der Waals surface area (Å²) in [6.07, 6.45) is 15.7. The van der Waals surface area contributed by atoms with Crippen molar-refractivity contribution in [1.29, 1.82) is 0 Å². The number of carbonyl (C=O) groups is 1. The van der Waals surface area contributed by atoms with Crippen molar-refractivity contribution in [2.75, 3.05) is 0 Å². The largest absolute Gasteiger partial charge is 0.369 e. The summed E-state index contributed by atoms with van der Waals surface area (Å²) in [5.41, 5.74) is 5.47. The molecule has 0 rings (SSSR count). The first kappa shape index (κ1) is 16.2. The highest BCUT2D eigenvalue weighted by atomic mass is 16.1. The van der Waals surface area contributed by atoms with Crippen LogP contribution < -0.4 is 5.73 Å². The van der Waals surface area contributed by atoms with Gasteiger partial charge in [0.15, 0.2) is 0 Å². The van der Waals surface area contributed by atoms with E-state index >= 15 is 0 Å². The van der Waals surface area contributed by atoms with Crippen LogP contribution in [0.15, 0.2) is 60.8 Å². The molecule has 0 bridgehead atoms. The maximum absolute atomic E-state index is 11.6. The Kier molecular flexibility index (Phi) is 7.45. The third kappa shape index (κ3) is 5.00. The van der Waals surface area contributed by atoms with Gasteiger partial charge in [0.2, 0.25) is 5.91 Å². The smallest absolute Gasteiger partial charge is 0.228 e. The van der Waals surface area contributed by atoms with Crippen molar-refractivity contribution in [1.82, 2.24) is 0 Å². The predicted octanol–water partition coefficient (Wildman–Crippen LogP) is 3.69. The quantitative estimate of drug-likeness (QED) is 0.683. The lowest BCUT2D eigenvalue weighted by molar-refractivity contribution is -0.124. The fourth-order valence-corrected chi connectivity index (χ4v) is 1.35. The van der Waals surface area contributed by atoms with Gasteiger partial charge < -0.3 is 5.73 Å². The van der Waals surface area contributed by atoms with E-state index in [4.69, 9.17) is 5.73 Å². The second-order valence-corrected chi connectivity index (χ2v) is 4.26. The average Bonchev–Trinajstić information content (AvgIpc) is 2.34. The highest BCUT2D eigenvalue weighted by Gasteiger charge is 2.31. The van der Waals surface area contributed by atoms with E-state index in [1.54, 1.807) is 0 Å². The summed E-state index contributed by atoms with van der Waals surface area (Å²) >= 11 is 0.